The molecule has 4 nitrogen and oxygen atoms in total. The normalized spacial score (nSPS) is 12.5. The van der Waals surface area contributed by atoms with Crippen LogP contribution in [0.2, 0.25) is 0 Å². The van der Waals surface area contributed by atoms with E-state index in [1.807, 2.05) is 43.3 Å². The Morgan fingerprint density at radius 2 is 2.05 bits per heavy atom. The summed E-state index contributed by atoms with van der Waals surface area (Å²) in [5, 5.41) is 0.990. The molecule has 0 fully saturated rings. The smallest absolute Gasteiger partial charge is 0.231 e. The topological polar surface area (TPSA) is 44.4 Å². The van der Waals surface area contributed by atoms with Gasteiger partial charge in [-0.25, -0.2) is 0 Å². The Kier molecular flexibility index (Phi) is 3.52. The lowest BCUT2D eigenvalue weighted by molar-refractivity contribution is 0.0892. The zero-order chi connectivity index (χ0) is 14.8. The molecule has 2 aromatic heterocycles. The molecular formula is C17H17NO3. The molecule has 0 N–H and O–H groups in total. The van der Waals surface area contributed by atoms with Crippen LogP contribution < -0.4 is 4.74 Å². The first-order valence-corrected chi connectivity index (χ1v) is 6.91. The Bertz CT molecular complexity index is 756. The number of hydrogen-bond acceptors (Lipinski definition) is 3. The van der Waals surface area contributed by atoms with Crippen LogP contribution in [0.3, 0.4) is 0 Å². The van der Waals surface area contributed by atoms with Crippen molar-refractivity contribution in [1.82, 2.24) is 4.57 Å². The fourth-order valence-corrected chi connectivity index (χ4v) is 2.38. The summed E-state index contributed by atoms with van der Waals surface area (Å²) >= 11 is 0. The molecule has 0 saturated heterocycles. The van der Waals surface area contributed by atoms with E-state index in [2.05, 4.69) is 0 Å². The third kappa shape index (κ3) is 2.70. The lowest BCUT2D eigenvalue weighted by atomic mass is 10.0. The Balaban J connectivity index is 1.81. The van der Waals surface area contributed by atoms with Gasteiger partial charge in [-0.05, 0) is 36.4 Å². The van der Waals surface area contributed by atoms with Crippen LogP contribution in [0.25, 0.3) is 11.0 Å². The van der Waals surface area contributed by atoms with Crippen LogP contribution in [0.1, 0.15) is 29.8 Å². The predicted molar refractivity (Wildman–Crippen MR) is 80.9 cm³/mol. The van der Waals surface area contributed by atoms with Gasteiger partial charge in [0.15, 0.2) is 0 Å². The van der Waals surface area contributed by atoms with E-state index in [1.54, 1.807) is 24.1 Å². The highest BCUT2D eigenvalue weighted by atomic mass is 16.5. The van der Waals surface area contributed by atoms with Crippen LogP contribution in [0.5, 0.6) is 5.75 Å². The molecule has 1 unspecified atom stereocenters. The molecule has 21 heavy (non-hydrogen) atoms. The molecule has 4 heteroatoms. The minimum absolute atomic E-state index is 0.0262. The molecule has 1 aromatic carbocycles. The van der Waals surface area contributed by atoms with Crippen LogP contribution in [0.4, 0.5) is 0 Å². The molecule has 3 aromatic rings. The van der Waals surface area contributed by atoms with Crippen molar-refractivity contribution in [1.29, 1.82) is 0 Å². The van der Waals surface area contributed by atoms with Crippen LogP contribution >= 0.6 is 0 Å². The number of carbonyl (C=O) groups excluding carboxylic acids is 1. The number of carbonyl (C=O) groups is 1. The minimum atomic E-state index is 0.0262. The summed E-state index contributed by atoms with van der Waals surface area (Å²) < 4.78 is 12.6. The molecule has 0 spiro atoms. The van der Waals surface area contributed by atoms with Gasteiger partial charge in [0, 0.05) is 30.1 Å². The first-order chi connectivity index (χ1) is 10.2. The maximum absolute atomic E-state index is 12.1. The van der Waals surface area contributed by atoms with Crippen molar-refractivity contribution < 1.29 is 13.9 Å². The zero-order valence-electron chi connectivity index (χ0n) is 12.1. The average molecular weight is 283 g/mol. The second-order valence-electron chi connectivity index (χ2n) is 5.14. The highest BCUT2D eigenvalue weighted by Gasteiger charge is 2.16. The summed E-state index contributed by atoms with van der Waals surface area (Å²) in [4.78, 5) is 12.1. The maximum Gasteiger partial charge on any atom is 0.231 e. The van der Waals surface area contributed by atoms with Crippen LogP contribution in [-0.4, -0.2) is 17.6 Å². The molecule has 0 radical (unpaired) electrons. The van der Waals surface area contributed by atoms with Gasteiger partial charge in [0.05, 0.1) is 7.11 Å². The molecule has 0 bridgehead atoms. The predicted octanol–water partition coefficient (Wildman–Crippen LogP) is 4.08. The second-order valence-corrected chi connectivity index (χ2v) is 5.14. The van der Waals surface area contributed by atoms with E-state index in [-0.39, 0.29) is 11.8 Å². The van der Waals surface area contributed by atoms with Crippen LogP contribution in [0, 0.1) is 0 Å². The number of methoxy groups -OCH3 is 1. The SMILES string of the molecule is COc1ccc2oc(C(C)CC(=O)n3cccc3)cc2c1. The zero-order valence-corrected chi connectivity index (χ0v) is 12.1. The molecular weight excluding hydrogens is 266 g/mol. The molecule has 0 aliphatic carbocycles. The molecule has 3 rings (SSSR count). The largest absolute Gasteiger partial charge is 0.497 e. The van der Waals surface area contributed by atoms with Gasteiger partial charge in [0.1, 0.15) is 17.1 Å². The van der Waals surface area contributed by atoms with Gasteiger partial charge >= 0.3 is 0 Å². The number of aromatic nitrogens is 1. The summed E-state index contributed by atoms with van der Waals surface area (Å²) in [6, 6.07) is 11.4. The summed E-state index contributed by atoms with van der Waals surface area (Å²) in [5.74, 6) is 1.70. The van der Waals surface area contributed by atoms with Crippen LogP contribution in [-0.2, 0) is 0 Å². The first-order valence-electron chi connectivity index (χ1n) is 6.91. The van der Waals surface area contributed by atoms with Crippen molar-refractivity contribution in [3.8, 4) is 5.75 Å². The second kappa shape index (κ2) is 5.48. The highest BCUT2D eigenvalue weighted by Crippen LogP contribution is 2.29. The summed E-state index contributed by atoms with van der Waals surface area (Å²) in [5.41, 5.74) is 0.811. The van der Waals surface area contributed by atoms with Crippen molar-refractivity contribution in [3.63, 3.8) is 0 Å². The van der Waals surface area contributed by atoms with E-state index in [1.165, 1.54) is 0 Å². The Labute approximate surface area is 122 Å². The van der Waals surface area contributed by atoms with E-state index in [0.29, 0.717) is 6.42 Å². The van der Waals surface area contributed by atoms with E-state index in [0.717, 1.165) is 22.5 Å². The average Bonchev–Trinajstić information content (AvgIpc) is 3.15. The fraction of sp³-hybridized carbons (Fsp3) is 0.235. The standard InChI is InChI=1S/C17H17NO3/c1-12(9-17(19)18-7-3-4-8-18)16-11-13-10-14(20-2)5-6-15(13)21-16/h3-8,10-12H,9H2,1-2H3. The van der Waals surface area contributed by atoms with Crippen molar-refractivity contribution in [3.05, 3.63) is 54.6 Å². The Morgan fingerprint density at radius 3 is 2.76 bits per heavy atom. The number of fused-ring (bicyclic) bond motifs is 1. The third-order valence-corrected chi connectivity index (χ3v) is 3.60. The maximum atomic E-state index is 12.1. The number of benzene rings is 1. The number of nitrogens with zero attached hydrogens (tertiary/aromatic N) is 1. The number of rotatable bonds is 4. The lowest BCUT2D eigenvalue weighted by Crippen LogP contribution is -2.11. The number of ether oxygens (including phenoxy) is 1. The monoisotopic (exact) mass is 283 g/mol. The van der Waals surface area contributed by atoms with Gasteiger partial charge in [-0.3, -0.25) is 9.36 Å². The first kappa shape index (κ1) is 13.5. The van der Waals surface area contributed by atoms with Crippen LogP contribution in [0.15, 0.2) is 53.2 Å². The van der Waals surface area contributed by atoms with Gasteiger partial charge < -0.3 is 9.15 Å². The third-order valence-electron chi connectivity index (χ3n) is 3.60. The Hall–Kier alpha value is -2.49. The van der Waals surface area contributed by atoms with Crippen molar-refractivity contribution in [2.24, 2.45) is 0 Å². The Morgan fingerprint density at radius 1 is 1.29 bits per heavy atom. The van der Waals surface area contributed by atoms with Gasteiger partial charge in [-0.15, -0.1) is 0 Å². The fourth-order valence-electron chi connectivity index (χ4n) is 2.38. The lowest BCUT2D eigenvalue weighted by Gasteiger charge is -2.07. The molecule has 0 aliphatic heterocycles. The minimum Gasteiger partial charge on any atom is -0.497 e. The number of furan rings is 1. The molecule has 0 amide bonds. The van der Waals surface area contributed by atoms with Crippen molar-refractivity contribution in [2.45, 2.75) is 19.3 Å². The molecule has 0 aliphatic rings. The molecule has 108 valence electrons. The highest BCUT2D eigenvalue weighted by molar-refractivity contribution is 5.81. The van der Waals surface area contributed by atoms with E-state index >= 15 is 0 Å². The molecule has 2 heterocycles. The molecule has 1 atom stereocenters. The van der Waals surface area contributed by atoms with E-state index in [9.17, 15) is 4.79 Å². The summed E-state index contributed by atoms with van der Waals surface area (Å²) in [6.07, 6.45) is 3.93. The van der Waals surface area contributed by atoms with Crippen molar-refractivity contribution in [2.75, 3.05) is 7.11 Å². The number of hydrogen-bond donors (Lipinski definition) is 0. The quantitative estimate of drug-likeness (QED) is 0.724. The van der Waals surface area contributed by atoms with Gasteiger partial charge in [0.25, 0.3) is 0 Å². The van der Waals surface area contributed by atoms with E-state index in [4.69, 9.17) is 9.15 Å². The van der Waals surface area contributed by atoms with Gasteiger partial charge in [0.2, 0.25) is 5.91 Å². The van der Waals surface area contributed by atoms with Crippen molar-refractivity contribution >= 4 is 16.9 Å². The van der Waals surface area contributed by atoms with Gasteiger partial charge in [-0.2, -0.15) is 0 Å². The summed E-state index contributed by atoms with van der Waals surface area (Å²) in [6.45, 7) is 2.00. The van der Waals surface area contributed by atoms with E-state index < -0.39 is 0 Å². The molecule has 0 saturated carbocycles. The summed E-state index contributed by atoms with van der Waals surface area (Å²) in [7, 11) is 1.64. The van der Waals surface area contributed by atoms with Gasteiger partial charge in [-0.1, -0.05) is 6.92 Å².